The van der Waals surface area contributed by atoms with Crippen LogP contribution in [0.1, 0.15) is 24.1 Å². The van der Waals surface area contributed by atoms with Crippen molar-refractivity contribution in [2.75, 3.05) is 13.7 Å². The highest BCUT2D eigenvalue weighted by molar-refractivity contribution is 5.81. The summed E-state index contributed by atoms with van der Waals surface area (Å²) in [6.07, 6.45) is 3.12. The van der Waals surface area contributed by atoms with Crippen molar-refractivity contribution < 1.29 is 9.53 Å². The zero-order chi connectivity index (χ0) is 12.7. The van der Waals surface area contributed by atoms with E-state index in [0.717, 1.165) is 17.7 Å². The summed E-state index contributed by atoms with van der Waals surface area (Å²) in [5.74, 6) is -0.137. The van der Waals surface area contributed by atoms with Crippen LogP contribution in [0.4, 0.5) is 0 Å². The Morgan fingerprint density at radius 3 is 3.06 bits per heavy atom. The fourth-order valence-corrected chi connectivity index (χ4v) is 1.45. The highest BCUT2D eigenvalue weighted by Crippen LogP contribution is 2.02. The van der Waals surface area contributed by atoms with Gasteiger partial charge in [-0.25, -0.2) is 0 Å². The van der Waals surface area contributed by atoms with Gasteiger partial charge < -0.3 is 15.8 Å². The predicted molar refractivity (Wildman–Crippen MR) is 64.3 cm³/mol. The molecule has 0 aliphatic heterocycles. The summed E-state index contributed by atoms with van der Waals surface area (Å²) in [6.45, 7) is 2.99. The third-order valence-corrected chi connectivity index (χ3v) is 2.59. The lowest BCUT2D eigenvalue weighted by molar-refractivity contribution is -0.122. The largest absolute Gasteiger partial charge is 0.385 e. The van der Waals surface area contributed by atoms with E-state index in [1.165, 1.54) is 0 Å². The van der Waals surface area contributed by atoms with Crippen LogP contribution in [0.3, 0.4) is 0 Å². The number of carbonyl (C=O) groups is 1. The first-order valence-electron chi connectivity index (χ1n) is 5.66. The van der Waals surface area contributed by atoms with E-state index in [-0.39, 0.29) is 5.91 Å². The molecule has 0 aliphatic rings. The van der Waals surface area contributed by atoms with Gasteiger partial charge in [0.2, 0.25) is 5.91 Å². The summed E-state index contributed by atoms with van der Waals surface area (Å²) in [7, 11) is 1.63. The summed E-state index contributed by atoms with van der Waals surface area (Å²) in [5, 5.41) is 9.48. The van der Waals surface area contributed by atoms with Crippen LogP contribution in [0.2, 0.25) is 0 Å². The Morgan fingerprint density at radius 1 is 1.71 bits per heavy atom. The van der Waals surface area contributed by atoms with Gasteiger partial charge in [0.15, 0.2) is 0 Å². The molecule has 0 saturated carbocycles. The highest BCUT2D eigenvalue weighted by Gasteiger charge is 2.13. The molecule has 6 heteroatoms. The number of nitrogens with one attached hydrogen (secondary N) is 2. The summed E-state index contributed by atoms with van der Waals surface area (Å²) in [4.78, 5) is 11.6. The molecule has 6 nitrogen and oxygen atoms in total. The number of H-pyrrole nitrogens is 1. The molecule has 0 spiro atoms. The normalized spacial score (nSPS) is 12.4. The molecule has 1 heterocycles. The van der Waals surface area contributed by atoms with Crippen LogP contribution in [-0.4, -0.2) is 35.9 Å². The Bertz CT molecular complexity index is 351. The van der Waals surface area contributed by atoms with Crippen molar-refractivity contribution in [3.63, 3.8) is 0 Å². The number of carbonyl (C=O) groups excluding carboxylic acids is 1. The monoisotopic (exact) mass is 240 g/mol. The minimum Gasteiger partial charge on any atom is -0.385 e. The Kier molecular flexibility index (Phi) is 5.65. The predicted octanol–water partition coefficient (Wildman–Crippen LogP) is 0.0882. The molecule has 1 aromatic heterocycles. The summed E-state index contributed by atoms with van der Waals surface area (Å²) >= 11 is 0. The Balaban J connectivity index is 2.27. The van der Waals surface area contributed by atoms with E-state index in [2.05, 4.69) is 15.5 Å². The number of amides is 1. The maximum Gasteiger partial charge on any atom is 0.237 e. The molecule has 1 aromatic rings. The first kappa shape index (κ1) is 13.7. The Morgan fingerprint density at radius 2 is 2.47 bits per heavy atom. The fraction of sp³-hybridized carbons (Fsp3) is 0.636. The molecular weight excluding hydrogens is 220 g/mol. The molecule has 0 aliphatic carbocycles. The van der Waals surface area contributed by atoms with E-state index in [0.29, 0.717) is 19.6 Å². The van der Waals surface area contributed by atoms with Crippen molar-refractivity contribution >= 4 is 5.91 Å². The van der Waals surface area contributed by atoms with Gasteiger partial charge in [-0.15, -0.1) is 0 Å². The van der Waals surface area contributed by atoms with Gasteiger partial charge in [-0.3, -0.25) is 9.89 Å². The number of methoxy groups -OCH3 is 1. The second-order valence-electron chi connectivity index (χ2n) is 3.98. The molecule has 17 heavy (non-hydrogen) atoms. The summed E-state index contributed by atoms with van der Waals surface area (Å²) < 4.78 is 4.91. The molecule has 4 N–H and O–H groups in total. The van der Waals surface area contributed by atoms with Gasteiger partial charge in [0, 0.05) is 31.5 Å². The van der Waals surface area contributed by atoms with Crippen LogP contribution in [0.5, 0.6) is 0 Å². The van der Waals surface area contributed by atoms with E-state index in [4.69, 9.17) is 10.5 Å². The van der Waals surface area contributed by atoms with Crippen LogP contribution in [0.15, 0.2) is 6.20 Å². The lowest BCUT2D eigenvalue weighted by Crippen LogP contribution is -2.40. The fourth-order valence-electron chi connectivity index (χ4n) is 1.45. The van der Waals surface area contributed by atoms with Crippen molar-refractivity contribution in [2.24, 2.45) is 5.73 Å². The Labute approximate surface area is 101 Å². The topological polar surface area (TPSA) is 93.0 Å². The van der Waals surface area contributed by atoms with E-state index < -0.39 is 6.04 Å². The maximum atomic E-state index is 11.6. The second-order valence-corrected chi connectivity index (χ2v) is 3.98. The highest BCUT2D eigenvalue weighted by atomic mass is 16.5. The standard InChI is InChI=1S/C11H20N4O2/c1-8-9(7-14-15-8)6-13-11(16)10(12)4-3-5-17-2/h7,10H,3-6,12H2,1-2H3,(H,13,16)(H,14,15). The average Bonchev–Trinajstić information content (AvgIpc) is 2.72. The van der Waals surface area contributed by atoms with Crippen LogP contribution in [0.25, 0.3) is 0 Å². The van der Waals surface area contributed by atoms with Crippen molar-refractivity contribution in [3.8, 4) is 0 Å². The zero-order valence-corrected chi connectivity index (χ0v) is 10.3. The van der Waals surface area contributed by atoms with Gasteiger partial charge >= 0.3 is 0 Å². The number of nitrogens with two attached hydrogens (primary N) is 1. The number of aryl methyl sites for hydroxylation is 1. The number of aromatic nitrogens is 2. The first-order chi connectivity index (χ1) is 8.15. The van der Waals surface area contributed by atoms with E-state index in [1.54, 1.807) is 13.3 Å². The molecule has 0 fully saturated rings. The third-order valence-electron chi connectivity index (χ3n) is 2.59. The average molecular weight is 240 g/mol. The van der Waals surface area contributed by atoms with Crippen molar-refractivity contribution in [1.29, 1.82) is 0 Å². The number of aromatic amines is 1. The SMILES string of the molecule is COCCCC(N)C(=O)NCc1cn[nH]c1C. The molecule has 0 radical (unpaired) electrons. The van der Waals surface area contributed by atoms with Crippen LogP contribution in [0, 0.1) is 6.92 Å². The quantitative estimate of drug-likeness (QED) is 0.589. The van der Waals surface area contributed by atoms with Gasteiger partial charge in [0.1, 0.15) is 0 Å². The van der Waals surface area contributed by atoms with Gasteiger partial charge in [0.05, 0.1) is 12.2 Å². The van der Waals surface area contributed by atoms with Crippen LogP contribution < -0.4 is 11.1 Å². The molecule has 0 saturated heterocycles. The molecule has 0 aromatic carbocycles. The molecule has 1 rings (SSSR count). The van der Waals surface area contributed by atoms with Gasteiger partial charge in [-0.2, -0.15) is 5.10 Å². The zero-order valence-electron chi connectivity index (χ0n) is 10.3. The number of nitrogens with zero attached hydrogens (tertiary/aromatic N) is 1. The van der Waals surface area contributed by atoms with Gasteiger partial charge in [-0.1, -0.05) is 0 Å². The van der Waals surface area contributed by atoms with E-state index in [9.17, 15) is 4.79 Å². The third kappa shape index (κ3) is 4.54. The van der Waals surface area contributed by atoms with Gasteiger partial charge in [-0.05, 0) is 19.8 Å². The minimum absolute atomic E-state index is 0.137. The smallest absolute Gasteiger partial charge is 0.237 e. The lowest BCUT2D eigenvalue weighted by atomic mass is 10.1. The molecule has 96 valence electrons. The molecule has 1 unspecified atom stereocenters. The molecule has 1 amide bonds. The lowest BCUT2D eigenvalue weighted by Gasteiger charge is -2.11. The van der Waals surface area contributed by atoms with Crippen LogP contribution in [-0.2, 0) is 16.1 Å². The molecular formula is C11H20N4O2. The minimum atomic E-state index is -0.475. The number of ether oxygens (including phenoxy) is 1. The maximum absolute atomic E-state index is 11.6. The Hall–Kier alpha value is -1.40. The number of rotatable bonds is 7. The summed E-state index contributed by atoms with van der Waals surface area (Å²) in [5.41, 5.74) is 7.68. The first-order valence-corrected chi connectivity index (χ1v) is 5.66. The number of hydrogen-bond acceptors (Lipinski definition) is 4. The van der Waals surface area contributed by atoms with E-state index in [1.807, 2.05) is 6.92 Å². The molecule has 0 bridgehead atoms. The van der Waals surface area contributed by atoms with Crippen molar-refractivity contribution in [2.45, 2.75) is 32.4 Å². The van der Waals surface area contributed by atoms with Crippen LogP contribution >= 0.6 is 0 Å². The second kappa shape index (κ2) is 7.03. The van der Waals surface area contributed by atoms with Gasteiger partial charge in [0.25, 0.3) is 0 Å². The number of hydrogen-bond donors (Lipinski definition) is 3. The van der Waals surface area contributed by atoms with Crippen molar-refractivity contribution in [1.82, 2.24) is 15.5 Å². The van der Waals surface area contributed by atoms with Crippen molar-refractivity contribution in [3.05, 3.63) is 17.5 Å². The summed E-state index contributed by atoms with van der Waals surface area (Å²) in [6, 6.07) is -0.475. The molecule has 1 atom stereocenters. The van der Waals surface area contributed by atoms with E-state index >= 15 is 0 Å².